The first-order valence-electron chi connectivity index (χ1n) is 5.32. The molecular weight excluding hydrogens is 220 g/mol. The van der Waals surface area contributed by atoms with Crippen molar-refractivity contribution in [3.05, 3.63) is 18.0 Å². The van der Waals surface area contributed by atoms with Gasteiger partial charge in [-0.05, 0) is 18.1 Å². The van der Waals surface area contributed by atoms with E-state index in [0.717, 1.165) is 27.9 Å². The van der Waals surface area contributed by atoms with Gasteiger partial charge in [-0.2, -0.15) is 5.10 Å². The summed E-state index contributed by atoms with van der Waals surface area (Å²) < 4.78 is 1.82. The zero-order valence-electron chi connectivity index (χ0n) is 9.77. The number of thiophene rings is 1. The molecule has 0 spiro atoms. The van der Waals surface area contributed by atoms with Crippen LogP contribution in [0.1, 0.15) is 19.7 Å². The smallest absolute Gasteiger partial charge is 0.168 e. The predicted octanol–water partition coefficient (Wildman–Crippen LogP) is 2.32. The first-order chi connectivity index (χ1) is 7.56. The lowest BCUT2D eigenvalue weighted by Crippen LogP contribution is -1.97. The van der Waals surface area contributed by atoms with Crippen LogP contribution in [0.2, 0.25) is 0 Å². The first kappa shape index (κ1) is 11.1. The van der Waals surface area contributed by atoms with E-state index in [4.69, 9.17) is 5.73 Å². The Balaban J connectivity index is 2.31. The van der Waals surface area contributed by atoms with Gasteiger partial charge in [0.05, 0.1) is 9.88 Å². The van der Waals surface area contributed by atoms with Crippen LogP contribution in [0.25, 0.3) is 10.7 Å². The average Bonchev–Trinajstić information content (AvgIpc) is 2.72. The van der Waals surface area contributed by atoms with Crippen molar-refractivity contribution in [1.29, 1.82) is 0 Å². The van der Waals surface area contributed by atoms with Gasteiger partial charge < -0.3 is 5.73 Å². The molecule has 0 saturated carbocycles. The van der Waals surface area contributed by atoms with Crippen molar-refractivity contribution in [3.8, 4) is 10.7 Å². The fourth-order valence-corrected chi connectivity index (χ4v) is 2.37. The Bertz CT molecular complexity index is 484. The van der Waals surface area contributed by atoms with Gasteiger partial charge in [-0.15, -0.1) is 11.3 Å². The Hall–Kier alpha value is -1.36. The van der Waals surface area contributed by atoms with Crippen LogP contribution in [0, 0.1) is 5.92 Å². The minimum absolute atomic E-state index is 0.573. The standard InChI is InChI=1S/C11H16N4S/c1-7(2)6-10-13-11(15(3)14-10)8-4-5-9(12)16-8/h4-5,7H,6,12H2,1-3H3. The molecule has 16 heavy (non-hydrogen) atoms. The minimum atomic E-state index is 0.573. The van der Waals surface area contributed by atoms with E-state index >= 15 is 0 Å². The average molecular weight is 236 g/mol. The summed E-state index contributed by atoms with van der Waals surface area (Å²) in [4.78, 5) is 5.61. The normalized spacial score (nSPS) is 11.2. The van der Waals surface area contributed by atoms with Crippen molar-refractivity contribution < 1.29 is 0 Å². The van der Waals surface area contributed by atoms with Crippen molar-refractivity contribution in [2.75, 3.05) is 5.73 Å². The van der Waals surface area contributed by atoms with Gasteiger partial charge in [0.25, 0.3) is 0 Å². The van der Waals surface area contributed by atoms with Crippen molar-refractivity contribution >= 4 is 16.3 Å². The zero-order chi connectivity index (χ0) is 11.7. The maximum absolute atomic E-state index is 5.71. The summed E-state index contributed by atoms with van der Waals surface area (Å²) in [6, 6.07) is 3.89. The summed E-state index contributed by atoms with van der Waals surface area (Å²) in [6.45, 7) is 4.33. The molecule has 2 aromatic heterocycles. The van der Waals surface area contributed by atoms with Crippen LogP contribution in [-0.2, 0) is 13.5 Å². The molecule has 0 aliphatic heterocycles. The number of hydrogen-bond acceptors (Lipinski definition) is 4. The van der Waals surface area contributed by atoms with Crippen LogP contribution in [-0.4, -0.2) is 14.8 Å². The molecule has 0 unspecified atom stereocenters. The molecule has 0 aromatic carbocycles. The lowest BCUT2D eigenvalue weighted by molar-refractivity contribution is 0.613. The van der Waals surface area contributed by atoms with Crippen LogP contribution >= 0.6 is 11.3 Å². The fraction of sp³-hybridized carbons (Fsp3) is 0.455. The van der Waals surface area contributed by atoms with Crippen LogP contribution in [0.4, 0.5) is 5.00 Å². The third-order valence-electron chi connectivity index (χ3n) is 2.24. The number of aryl methyl sites for hydroxylation is 1. The summed E-state index contributed by atoms with van der Waals surface area (Å²) in [5.41, 5.74) is 5.71. The summed E-state index contributed by atoms with van der Waals surface area (Å²) >= 11 is 1.54. The highest BCUT2D eigenvalue weighted by molar-refractivity contribution is 7.19. The number of nitrogens with two attached hydrogens (primary N) is 1. The maximum atomic E-state index is 5.71. The molecule has 0 amide bonds. The maximum Gasteiger partial charge on any atom is 0.168 e. The Morgan fingerprint density at radius 1 is 1.44 bits per heavy atom. The lowest BCUT2D eigenvalue weighted by atomic mass is 10.1. The molecule has 2 heterocycles. The van der Waals surface area contributed by atoms with Gasteiger partial charge in [-0.1, -0.05) is 13.8 Å². The molecule has 2 N–H and O–H groups in total. The summed E-state index contributed by atoms with van der Waals surface area (Å²) in [7, 11) is 1.92. The van der Waals surface area contributed by atoms with Gasteiger partial charge >= 0.3 is 0 Å². The van der Waals surface area contributed by atoms with Gasteiger partial charge in [-0.25, -0.2) is 9.67 Å². The van der Waals surface area contributed by atoms with Crippen molar-refractivity contribution in [2.45, 2.75) is 20.3 Å². The highest BCUT2D eigenvalue weighted by Crippen LogP contribution is 2.27. The van der Waals surface area contributed by atoms with E-state index in [1.165, 1.54) is 0 Å². The molecule has 5 heteroatoms. The van der Waals surface area contributed by atoms with Gasteiger partial charge in [0, 0.05) is 13.5 Å². The summed E-state index contributed by atoms with van der Waals surface area (Å²) in [5.74, 6) is 2.38. The van der Waals surface area contributed by atoms with Crippen molar-refractivity contribution in [2.24, 2.45) is 13.0 Å². The Labute approximate surface area is 99.1 Å². The zero-order valence-corrected chi connectivity index (χ0v) is 10.6. The second kappa shape index (κ2) is 4.25. The number of aromatic nitrogens is 3. The molecule has 0 aliphatic carbocycles. The van der Waals surface area contributed by atoms with Crippen molar-refractivity contribution in [1.82, 2.24) is 14.8 Å². The molecule has 0 fully saturated rings. The topological polar surface area (TPSA) is 56.7 Å². The van der Waals surface area contributed by atoms with Crippen LogP contribution in [0.5, 0.6) is 0 Å². The monoisotopic (exact) mass is 236 g/mol. The Morgan fingerprint density at radius 3 is 2.75 bits per heavy atom. The van der Waals surface area contributed by atoms with E-state index in [-0.39, 0.29) is 0 Å². The Morgan fingerprint density at radius 2 is 2.19 bits per heavy atom. The van der Waals surface area contributed by atoms with E-state index in [0.29, 0.717) is 5.92 Å². The van der Waals surface area contributed by atoms with Gasteiger partial charge in [0.15, 0.2) is 11.6 Å². The second-order valence-electron chi connectivity index (χ2n) is 4.28. The van der Waals surface area contributed by atoms with E-state index in [2.05, 4.69) is 23.9 Å². The second-order valence-corrected chi connectivity index (χ2v) is 5.39. The van der Waals surface area contributed by atoms with Crippen LogP contribution in [0.3, 0.4) is 0 Å². The summed E-state index contributed by atoms with van der Waals surface area (Å²) in [5, 5.41) is 5.22. The third-order valence-corrected chi connectivity index (χ3v) is 3.16. The number of hydrogen-bond donors (Lipinski definition) is 1. The molecule has 2 rings (SSSR count). The van der Waals surface area contributed by atoms with E-state index in [9.17, 15) is 0 Å². The molecule has 0 atom stereocenters. The molecule has 4 nitrogen and oxygen atoms in total. The lowest BCUT2D eigenvalue weighted by Gasteiger charge is -1.96. The molecule has 2 aromatic rings. The molecule has 0 radical (unpaired) electrons. The number of nitrogens with zero attached hydrogens (tertiary/aromatic N) is 3. The van der Waals surface area contributed by atoms with Gasteiger partial charge in [0.2, 0.25) is 0 Å². The predicted molar refractivity (Wildman–Crippen MR) is 67.3 cm³/mol. The summed E-state index contributed by atoms with van der Waals surface area (Å²) in [6.07, 6.45) is 0.911. The highest BCUT2D eigenvalue weighted by Gasteiger charge is 2.11. The minimum Gasteiger partial charge on any atom is -0.391 e. The number of anilines is 1. The fourth-order valence-electron chi connectivity index (χ4n) is 1.58. The molecular formula is C11H16N4S. The SMILES string of the molecule is CC(C)Cc1nc(-c2ccc(N)s2)n(C)n1. The van der Waals surface area contributed by atoms with E-state index in [1.807, 2.05) is 23.9 Å². The molecule has 0 aliphatic rings. The number of rotatable bonds is 3. The first-order valence-corrected chi connectivity index (χ1v) is 6.13. The molecule has 86 valence electrons. The third kappa shape index (κ3) is 2.24. The number of nitrogen functional groups attached to an aromatic ring is 1. The quantitative estimate of drug-likeness (QED) is 0.889. The molecule has 0 bridgehead atoms. The van der Waals surface area contributed by atoms with E-state index < -0.39 is 0 Å². The van der Waals surface area contributed by atoms with Crippen LogP contribution < -0.4 is 5.73 Å². The van der Waals surface area contributed by atoms with Gasteiger partial charge in [0.1, 0.15) is 0 Å². The van der Waals surface area contributed by atoms with Gasteiger partial charge in [-0.3, -0.25) is 0 Å². The van der Waals surface area contributed by atoms with Crippen LogP contribution in [0.15, 0.2) is 12.1 Å². The van der Waals surface area contributed by atoms with E-state index in [1.54, 1.807) is 11.3 Å². The largest absolute Gasteiger partial charge is 0.391 e. The highest BCUT2D eigenvalue weighted by atomic mass is 32.1. The van der Waals surface area contributed by atoms with Crippen molar-refractivity contribution in [3.63, 3.8) is 0 Å². The Kier molecular flexibility index (Phi) is 2.96. The molecule has 0 saturated heterocycles.